The summed E-state index contributed by atoms with van der Waals surface area (Å²) >= 11 is 0. The third-order valence-electron chi connectivity index (χ3n) is 3.07. The fourth-order valence-electron chi connectivity index (χ4n) is 2.11. The number of benzene rings is 1. The number of halogens is 1. The van der Waals surface area contributed by atoms with Gasteiger partial charge in [0.15, 0.2) is 0 Å². The van der Waals surface area contributed by atoms with Crippen molar-refractivity contribution in [2.45, 2.75) is 19.4 Å². The summed E-state index contributed by atoms with van der Waals surface area (Å²) in [5.74, 6) is -0.207. The topological polar surface area (TPSA) is 37.9 Å². The first-order valence-corrected chi connectivity index (χ1v) is 5.70. The van der Waals surface area contributed by atoms with Crippen LogP contribution < -0.4 is 0 Å². The van der Waals surface area contributed by atoms with Gasteiger partial charge in [-0.15, -0.1) is 0 Å². The molecule has 0 amide bonds. The van der Waals surface area contributed by atoms with E-state index in [2.05, 4.69) is 10.2 Å². The van der Waals surface area contributed by atoms with Crippen LogP contribution in [-0.2, 0) is 24.2 Å². The molecule has 1 aromatic heterocycles. The van der Waals surface area contributed by atoms with Gasteiger partial charge in [-0.1, -0.05) is 12.1 Å². The average Bonchev–Trinajstić information content (AvgIpc) is 2.76. The zero-order valence-corrected chi connectivity index (χ0v) is 9.37. The SMILES string of the molecule is Fc1ccc(Cc2n[nH]c3c2COCC3)cc1. The van der Waals surface area contributed by atoms with Gasteiger partial charge in [0.05, 0.1) is 18.9 Å². The van der Waals surface area contributed by atoms with E-state index >= 15 is 0 Å². The monoisotopic (exact) mass is 232 g/mol. The lowest BCUT2D eigenvalue weighted by Gasteiger charge is -2.12. The lowest BCUT2D eigenvalue weighted by atomic mass is 10.0. The summed E-state index contributed by atoms with van der Waals surface area (Å²) in [4.78, 5) is 0. The number of nitrogens with one attached hydrogen (secondary N) is 1. The summed E-state index contributed by atoms with van der Waals surface area (Å²) in [5, 5.41) is 7.37. The van der Waals surface area contributed by atoms with Gasteiger partial charge in [-0.25, -0.2) is 4.39 Å². The molecule has 3 rings (SSSR count). The predicted molar refractivity (Wildman–Crippen MR) is 61.2 cm³/mol. The molecule has 0 saturated heterocycles. The molecule has 1 aromatic carbocycles. The predicted octanol–water partition coefficient (Wildman–Crippen LogP) is 2.21. The number of ether oxygens (including phenoxy) is 1. The van der Waals surface area contributed by atoms with E-state index in [0.717, 1.165) is 30.7 Å². The van der Waals surface area contributed by atoms with Crippen LogP contribution in [0.2, 0.25) is 0 Å². The maximum atomic E-state index is 12.8. The summed E-state index contributed by atoms with van der Waals surface area (Å²) in [7, 11) is 0. The molecule has 4 heteroatoms. The number of aromatic amines is 1. The quantitative estimate of drug-likeness (QED) is 0.862. The highest BCUT2D eigenvalue weighted by Gasteiger charge is 2.17. The maximum absolute atomic E-state index is 12.8. The molecule has 17 heavy (non-hydrogen) atoms. The van der Waals surface area contributed by atoms with Gasteiger partial charge in [0.25, 0.3) is 0 Å². The van der Waals surface area contributed by atoms with Crippen LogP contribution in [0.15, 0.2) is 24.3 Å². The molecule has 0 atom stereocenters. The molecule has 1 aliphatic heterocycles. The summed E-state index contributed by atoms with van der Waals surface area (Å²) in [6.07, 6.45) is 1.61. The van der Waals surface area contributed by atoms with Gasteiger partial charge in [0.2, 0.25) is 0 Å². The normalized spacial score (nSPS) is 14.6. The van der Waals surface area contributed by atoms with Crippen molar-refractivity contribution in [3.63, 3.8) is 0 Å². The van der Waals surface area contributed by atoms with E-state index in [1.165, 1.54) is 23.4 Å². The van der Waals surface area contributed by atoms with Crippen molar-refractivity contribution in [1.29, 1.82) is 0 Å². The molecule has 0 fully saturated rings. The highest BCUT2D eigenvalue weighted by atomic mass is 19.1. The second-order valence-corrected chi connectivity index (χ2v) is 4.23. The fraction of sp³-hybridized carbons (Fsp3) is 0.308. The molecule has 0 saturated carbocycles. The second kappa shape index (κ2) is 4.30. The van der Waals surface area contributed by atoms with Crippen LogP contribution in [0.3, 0.4) is 0 Å². The molecule has 0 unspecified atom stereocenters. The molecular formula is C13H13FN2O. The van der Waals surface area contributed by atoms with Crippen molar-refractivity contribution in [1.82, 2.24) is 10.2 Å². The lowest BCUT2D eigenvalue weighted by molar-refractivity contribution is 0.109. The standard InChI is InChI=1S/C13H13FN2O/c14-10-3-1-9(2-4-10)7-13-11-8-17-6-5-12(11)15-16-13/h1-4H,5-8H2,(H,15,16). The Kier molecular flexibility index (Phi) is 2.65. The molecule has 88 valence electrons. The van der Waals surface area contributed by atoms with Gasteiger partial charge in [-0.2, -0.15) is 5.10 Å². The van der Waals surface area contributed by atoms with E-state index in [9.17, 15) is 4.39 Å². The van der Waals surface area contributed by atoms with E-state index in [0.29, 0.717) is 6.61 Å². The van der Waals surface area contributed by atoms with Gasteiger partial charge < -0.3 is 4.74 Å². The van der Waals surface area contributed by atoms with E-state index in [-0.39, 0.29) is 5.82 Å². The number of hydrogen-bond donors (Lipinski definition) is 1. The van der Waals surface area contributed by atoms with Crippen molar-refractivity contribution in [3.05, 3.63) is 52.6 Å². The minimum absolute atomic E-state index is 0.207. The molecule has 3 nitrogen and oxygen atoms in total. The highest BCUT2D eigenvalue weighted by molar-refractivity contribution is 5.31. The Labute approximate surface area is 98.6 Å². The Balaban J connectivity index is 1.85. The summed E-state index contributed by atoms with van der Waals surface area (Å²) < 4.78 is 18.2. The van der Waals surface area contributed by atoms with Crippen molar-refractivity contribution < 1.29 is 9.13 Å². The molecular weight excluding hydrogens is 219 g/mol. The van der Waals surface area contributed by atoms with Crippen molar-refractivity contribution in [2.75, 3.05) is 6.61 Å². The van der Waals surface area contributed by atoms with E-state index in [1.54, 1.807) is 12.1 Å². The molecule has 0 radical (unpaired) electrons. The van der Waals surface area contributed by atoms with Crippen LogP contribution >= 0.6 is 0 Å². The van der Waals surface area contributed by atoms with Gasteiger partial charge in [0.1, 0.15) is 5.82 Å². The fourth-order valence-corrected chi connectivity index (χ4v) is 2.11. The molecule has 0 spiro atoms. The number of fused-ring (bicyclic) bond motifs is 1. The maximum Gasteiger partial charge on any atom is 0.123 e. The Morgan fingerprint density at radius 3 is 2.94 bits per heavy atom. The molecule has 1 aliphatic rings. The molecule has 0 bridgehead atoms. The highest BCUT2D eigenvalue weighted by Crippen LogP contribution is 2.20. The molecule has 2 aromatic rings. The minimum atomic E-state index is -0.207. The molecule has 1 N–H and O–H groups in total. The van der Waals surface area contributed by atoms with Crippen LogP contribution in [0.1, 0.15) is 22.5 Å². The van der Waals surface area contributed by atoms with Crippen LogP contribution in [0.4, 0.5) is 4.39 Å². The van der Waals surface area contributed by atoms with Crippen LogP contribution in [-0.4, -0.2) is 16.8 Å². The van der Waals surface area contributed by atoms with E-state index in [4.69, 9.17) is 4.74 Å². The second-order valence-electron chi connectivity index (χ2n) is 4.23. The Morgan fingerprint density at radius 2 is 2.12 bits per heavy atom. The Hall–Kier alpha value is -1.68. The number of H-pyrrole nitrogens is 1. The van der Waals surface area contributed by atoms with Crippen molar-refractivity contribution in [2.24, 2.45) is 0 Å². The summed E-state index contributed by atoms with van der Waals surface area (Å²) in [6.45, 7) is 1.38. The van der Waals surface area contributed by atoms with E-state index < -0.39 is 0 Å². The Morgan fingerprint density at radius 1 is 1.29 bits per heavy atom. The van der Waals surface area contributed by atoms with Crippen LogP contribution in [0.25, 0.3) is 0 Å². The van der Waals surface area contributed by atoms with Gasteiger partial charge >= 0.3 is 0 Å². The average molecular weight is 232 g/mol. The lowest BCUT2D eigenvalue weighted by Crippen LogP contribution is -2.09. The van der Waals surface area contributed by atoms with Crippen molar-refractivity contribution >= 4 is 0 Å². The smallest absolute Gasteiger partial charge is 0.123 e. The summed E-state index contributed by atoms with van der Waals surface area (Å²) in [6, 6.07) is 6.54. The number of hydrogen-bond acceptors (Lipinski definition) is 2. The zero-order valence-electron chi connectivity index (χ0n) is 9.37. The van der Waals surface area contributed by atoms with E-state index in [1.807, 2.05) is 0 Å². The van der Waals surface area contributed by atoms with Gasteiger partial charge in [-0.05, 0) is 17.7 Å². The number of rotatable bonds is 2. The third kappa shape index (κ3) is 2.08. The first kappa shape index (κ1) is 10.5. The summed E-state index contributed by atoms with van der Waals surface area (Å²) in [5.41, 5.74) is 4.41. The molecule has 2 heterocycles. The van der Waals surface area contributed by atoms with Gasteiger partial charge in [0, 0.05) is 24.1 Å². The first-order chi connectivity index (χ1) is 8.33. The van der Waals surface area contributed by atoms with Crippen molar-refractivity contribution in [3.8, 4) is 0 Å². The molecule has 0 aliphatic carbocycles. The largest absolute Gasteiger partial charge is 0.376 e. The zero-order chi connectivity index (χ0) is 11.7. The first-order valence-electron chi connectivity index (χ1n) is 5.70. The van der Waals surface area contributed by atoms with Crippen LogP contribution in [0, 0.1) is 5.82 Å². The number of aromatic nitrogens is 2. The third-order valence-corrected chi connectivity index (χ3v) is 3.07. The van der Waals surface area contributed by atoms with Crippen LogP contribution in [0.5, 0.6) is 0 Å². The van der Waals surface area contributed by atoms with Gasteiger partial charge in [-0.3, -0.25) is 5.10 Å². The number of nitrogens with zero attached hydrogens (tertiary/aromatic N) is 1. The Bertz CT molecular complexity index is 519. The minimum Gasteiger partial charge on any atom is -0.376 e.